The average molecular weight is 346 g/mol. The summed E-state index contributed by atoms with van der Waals surface area (Å²) in [6.45, 7) is -2.04. The number of urea groups is 1. The van der Waals surface area contributed by atoms with Crippen LogP contribution in [0.15, 0.2) is 4.52 Å². The van der Waals surface area contributed by atoms with Gasteiger partial charge >= 0.3 is 6.03 Å². The zero-order valence-electron chi connectivity index (χ0n) is 13.0. The number of hydrogen-bond donors (Lipinski definition) is 3. The number of aliphatic hydroxyl groups excluding tert-OH is 1. The van der Waals surface area contributed by atoms with Gasteiger partial charge in [0, 0.05) is 12.5 Å². The first-order valence-electron chi connectivity index (χ1n) is 7.96. The number of hydrogen-bond acceptors (Lipinski definition) is 6. The number of aliphatic hydroxyl groups is 1. The summed E-state index contributed by atoms with van der Waals surface area (Å²) in [7, 11) is 0. The Bertz CT molecular complexity index is 579. The summed E-state index contributed by atoms with van der Waals surface area (Å²) in [4.78, 5) is 15.8. The van der Waals surface area contributed by atoms with Crippen LogP contribution in [0.2, 0.25) is 0 Å². The van der Waals surface area contributed by atoms with Gasteiger partial charge in [-0.25, -0.2) is 13.6 Å². The number of nitrogens with one attached hydrogen (secondary N) is 2. The first-order chi connectivity index (χ1) is 11.5. The summed E-state index contributed by atoms with van der Waals surface area (Å²) in [6, 6.07) is -0.732. The molecule has 1 aliphatic carbocycles. The lowest BCUT2D eigenvalue weighted by Gasteiger charge is -2.16. The molecule has 1 aromatic heterocycles. The number of alkyl halides is 2. The minimum atomic E-state index is -3.33. The maximum Gasteiger partial charge on any atom is 0.315 e. The van der Waals surface area contributed by atoms with Crippen molar-refractivity contribution in [2.75, 3.05) is 19.7 Å². The minimum Gasteiger partial charge on any atom is -0.390 e. The van der Waals surface area contributed by atoms with Crippen LogP contribution in [0.5, 0.6) is 0 Å². The molecule has 2 aliphatic rings. The van der Waals surface area contributed by atoms with Crippen molar-refractivity contribution in [2.24, 2.45) is 0 Å². The summed E-state index contributed by atoms with van der Waals surface area (Å²) in [6.07, 6.45) is 3.03. The zero-order chi connectivity index (χ0) is 17.2. The first kappa shape index (κ1) is 17.0. The van der Waals surface area contributed by atoms with Gasteiger partial charge in [0.25, 0.3) is 11.8 Å². The van der Waals surface area contributed by atoms with Crippen LogP contribution in [-0.2, 0) is 4.74 Å². The number of carbonyl (C=O) groups is 1. The molecule has 8 nitrogen and oxygen atoms in total. The van der Waals surface area contributed by atoms with E-state index in [2.05, 4.69) is 15.5 Å². The van der Waals surface area contributed by atoms with Crippen LogP contribution in [-0.4, -0.2) is 53.0 Å². The molecular weight excluding hydrogens is 326 g/mol. The monoisotopic (exact) mass is 346 g/mol. The van der Waals surface area contributed by atoms with Crippen molar-refractivity contribution in [3.8, 4) is 0 Å². The molecule has 10 heteroatoms. The Morgan fingerprint density at radius 1 is 1.29 bits per heavy atom. The van der Waals surface area contributed by atoms with Crippen molar-refractivity contribution in [3.63, 3.8) is 0 Å². The Balaban J connectivity index is 1.38. The van der Waals surface area contributed by atoms with Gasteiger partial charge in [0.05, 0.1) is 12.6 Å². The van der Waals surface area contributed by atoms with Crippen LogP contribution >= 0.6 is 0 Å². The van der Waals surface area contributed by atoms with Crippen LogP contribution in [0.1, 0.15) is 49.4 Å². The van der Waals surface area contributed by atoms with Gasteiger partial charge < -0.3 is 25.0 Å². The van der Waals surface area contributed by atoms with Gasteiger partial charge in [0.1, 0.15) is 12.7 Å². The zero-order valence-corrected chi connectivity index (χ0v) is 13.0. The smallest absolute Gasteiger partial charge is 0.315 e. The average Bonchev–Trinajstić information content (AvgIpc) is 3.11. The Labute approximate surface area is 136 Å². The second-order valence-electron chi connectivity index (χ2n) is 6.17. The lowest BCUT2D eigenvalue weighted by atomic mass is 10.2. The molecule has 0 bridgehead atoms. The molecular formula is C14H20F2N4O4. The number of amides is 2. The molecule has 3 rings (SSSR count). The van der Waals surface area contributed by atoms with Crippen LogP contribution in [0, 0.1) is 0 Å². The number of rotatable bonds is 7. The highest BCUT2D eigenvalue weighted by atomic mass is 19.3. The Morgan fingerprint density at radius 2 is 2.08 bits per heavy atom. The molecule has 0 unspecified atom stereocenters. The first-order valence-corrected chi connectivity index (χ1v) is 7.96. The van der Waals surface area contributed by atoms with E-state index < -0.39 is 25.1 Å². The Hall–Kier alpha value is -1.81. The fourth-order valence-corrected chi connectivity index (χ4v) is 2.46. The second-order valence-corrected chi connectivity index (χ2v) is 6.17. The van der Waals surface area contributed by atoms with E-state index >= 15 is 0 Å². The van der Waals surface area contributed by atoms with Gasteiger partial charge in [0.15, 0.2) is 5.82 Å². The minimum absolute atomic E-state index is 0.191. The molecule has 0 radical (unpaired) electrons. The van der Waals surface area contributed by atoms with Crippen molar-refractivity contribution in [2.45, 2.75) is 49.7 Å². The van der Waals surface area contributed by atoms with Gasteiger partial charge in [0.2, 0.25) is 0 Å². The van der Waals surface area contributed by atoms with E-state index in [0.29, 0.717) is 24.7 Å². The lowest BCUT2D eigenvalue weighted by molar-refractivity contribution is -0.0454. The molecule has 0 aromatic carbocycles. The molecule has 3 N–H and O–H groups in total. The molecule has 2 heterocycles. The van der Waals surface area contributed by atoms with Crippen LogP contribution in [0.3, 0.4) is 0 Å². The number of carbonyl (C=O) groups excluding carboxylic acids is 1. The van der Waals surface area contributed by atoms with Crippen molar-refractivity contribution in [1.82, 2.24) is 20.8 Å². The molecule has 2 amide bonds. The van der Waals surface area contributed by atoms with Crippen molar-refractivity contribution in [3.05, 3.63) is 11.7 Å². The summed E-state index contributed by atoms with van der Waals surface area (Å²) in [5, 5.41) is 16.8. The molecule has 1 aromatic rings. The molecule has 0 spiro atoms. The molecule has 1 saturated carbocycles. The molecule has 2 fully saturated rings. The summed E-state index contributed by atoms with van der Waals surface area (Å²) >= 11 is 0. The number of ether oxygens (including phenoxy) is 1. The standard InChI is InChI=1S/C14H20F2N4O4/c15-14(16,7-21)6-18-13(22)17-5-9-3-4-10(23-9)12-19-11(20-24-12)8-1-2-8/h8-10,21H,1-7H2,(H2,17,18,22)/t9-,10+/m1/s1. The van der Waals surface area contributed by atoms with E-state index in [9.17, 15) is 13.6 Å². The van der Waals surface area contributed by atoms with Gasteiger partial charge in [-0.2, -0.15) is 4.98 Å². The summed E-state index contributed by atoms with van der Waals surface area (Å²) in [5.41, 5.74) is 0. The molecule has 1 saturated heterocycles. The Kier molecular flexibility index (Phi) is 4.95. The topological polar surface area (TPSA) is 110 Å². The van der Waals surface area contributed by atoms with E-state index in [1.54, 1.807) is 0 Å². The predicted molar refractivity (Wildman–Crippen MR) is 76.6 cm³/mol. The van der Waals surface area contributed by atoms with Gasteiger partial charge in [-0.05, 0) is 25.7 Å². The van der Waals surface area contributed by atoms with Gasteiger partial charge in [-0.15, -0.1) is 0 Å². The highest BCUT2D eigenvalue weighted by molar-refractivity contribution is 5.73. The molecule has 24 heavy (non-hydrogen) atoms. The molecule has 1 aliphatic heterocycles. The summed E-state index contributed by atoms with van der Waals surface area (Å²) < 4.78 is 36.6. The molecule has 134 valence electrons. The third kappa shape index (κ3) is 4.38. The molecule has 2 atom stereocenters. The lowest BCUT2D eigenvalue weighted by Crippen LogP contribution is -2.45. The Morgan fingerprint density at radius 3 is 2.79 bits per heavy atom. The van der Waals surface area contributed by atoms with Crippen LogP contribution in [0.25, 0.3) is 0 Å². The number of nitrogens with zero attached hydrogens (tertiary/aromatic N) is 2. The highest BCUT2D eigenvalue weighted by Crippen LogP contribution is 2.39. The van der Waals surface area contributed by atoms with Crippen molar-refractivity contribution >= 4 is 6.03 Å². The van der Waals surface area contributed by atoms with E-state index in [1.165, 1.54) is 0 Å². The van der Waals surface area contributed by atoms with Gasteiger partial charge in [-0.1, -0.05) is 5.16 Å². The van der Waals surface area contributed by atoms with E-state index in [4.69, 9.17) is 14.4 Å². The van der Waals surface area contributed by atoms with Crippen molar-refractivity contribution < 1.29 is 27.9 Å². The van der Waals surface area contributed by atoms with Crippen molar-refractivity contribution in [1.29, 1.82) is 0 Å². The van der Waals surface area contributed by atoms with E-state index in [0.717, 1.165) is 18.7 Å². The predicted octanol–water partition coefficient (Wildman–Crippen LogP) is 1.09. The SMILES string of the molecule is O=C(NC[C@H]1CC[C@@H](c2nc(C3CC3)no2)O1)NCC(F)(F)CO. The fourth-order valence-electron chi connectivity index (χ4n) is 2.46. The quantitative estimate of drug-likeness (QED) is 0.682. The van der Waals surface area contributed by atoms with E-state index in [1.807, 2.05) is 5.32 Å². The van der Waals surface area contributed by atoms with Crippen LogP contribution in [0.4, 0.5) is 13.6 Å². The van der Waals surface area contributed by atoms with E-state index in [-0.39, 0.29) is 18.8 Å². The maximum atomic E-state index is 12.8. The number of aromatic nitrogens is 2. The summed E-state index contributed by atoms with van der Waals surface area (Å²) in [5.74, 6) is -1.75. The normalized spacial score (nSPS) is 24.1. The van der Waals surface area contributed by atoms with Gasteiger partial charge in [-0.3, -0.25) is 0 Å². The third-order valence-corrected chi connectivity index (χ3v) is 4.01. The largest absolute Gasteiger partial charge is 0.390 e. The number of halogens is 2. The second kappa shape index (κ2) is 6.98. The fraction of sp³-hybridized carbons (Fsp3) is 0.786. The van der Waals surface area contributed by atoms with Crippen LogP contribution < -0.4 is 10.6 Å². The third-order valence-electron chi connectivity index (χ3n) is 4.01. The highest BCUT2D eigenvalue weighted by Gasteiger charge is 2.34. The maximum absolute atomic E-state index is 12.8.